The predicted molar refractivity (Wildman–Crippen MR) is 74.3 cm³/mol. The van der Waals surface area contributed by atoms with Crippen molar-refractivity contribution >= 4 is 15.7 Å². The van der Waals surface area contributed by atoms with Crippen molar-refractivity contribution in [2.75, 3.05) is 31.1 Å². The summed E-state index contributed by atoms with van der Waals surface area (Å²) in [4.78, 5) is 11.2. The molecule has 1 amide bonds. The number of carbonyl (C=O) groups excluding carboxylic acids is 1. The summed E-state index contributed by atoms with van der Waals surface area (Å²) >= 11 is 0. The Balaban J connectivity index is 3.68. The van der Waals surface area contributed by atoms with E-state index in [9.17, 15) is 13.2 Å². The summed E-state index contributed by atoms with van der Waals surface area (Å²) in [6, 6.07) is 0. The molecule has 0 atom stereocenters. The molecule has 0 saturated carbocycles. The molecule has 0 saturated heterocycles. The molecule has 0 fully saturated rings. The molecule has 2 N–H and O–H groups in total. The minimum absolute atomic E-state index is 0.0197. The van der Waals surface area contributed by atoms with Crippen LogP contribution < -0.4 is 10.6 Å². The Morgan fingerprint density at radius 3 is 2.44 bits per heavy atom. The van der Waals surface area contributed by atoms with Crippen molar-refractivity contribution < 1.29 is 13.2 Å². The van der Waals surface area contributed by atoms with Gasteiger partial charge in [-0.1, -0.05) is 13.8 Å². The Labute approximate surface area is 111 Å². The molecule has 0 heterocycles. The van der Waals surface area contributed by atoms with Crippen molar-refractivity contribution in [3.8, 4) is 0 Å². The van der Waals surface area contributed by atoms with E-state index in [1.165, 1.54) is 0 Å². The van der Waals surface area contributed by atoms with Gasteiger partial charge < -0.3 is 10.6 Å². The summed E-state index contributed by atoms with van der Waals surface area (Å²) in [6.45, 7) is 7.80. The fraction of sp³-hybridized carbons (Fsp3) is 0.917. The molecule has 18 heavy (non-hydrogen) atoms. The van der Waals surface area contributed by atoms with Gasteiger partial charge in [0.1, 0.15) is 5.75 Å². The van der Waals surface area contributed by atoms with Crippen LogP contribution in [-0.2, 0) is 14.6 Å². The highest BCUT2D eigenvalue weighted by atomic mass is 32.2. The Bertz CT molecular complexity index is 326. The van der Waals surface area contributed by atoms with Crippen molar-refractivity contribution in [2.24, 2.45) is 5.92 Å². The zero-order chi connectivity index (χ0) is 14.0. The van der Waals surface area contributed by atoms with Crippen LogP contribution in [0.1, 0.15) is 33.6 Å². The lowest BCUT2D eigenvalue weighted by Gasteiger charge is -2.07. The van der Waals surface area contributed by atoms with E-state index in [0.29, 0.717) is 19.0 Å². The van der Waals surface area contributed by atoms with Gasteiger partial charge in [0, 0.05) is 13.1 Å². The van der Waals surface area contributed by atoms with Crippen LogP contribution in [0.4, 0.5) is 0 Å². The van der Waals surface area contributed by atoms with Gasteiger partial charge in [-0.15, -0.1) is 0 Å². The van der Waals surface area contributed by atoms with Crippen molar-refractivity contribution in [1.29, 1.82) is 0 Å². The quantitative estimate of drug-likeness (QED) is 0.573. The average molecular weight is 278 g/mol. The summed E-state index contributed by atoms with van der Waals surface area (Å²) < 4.78 is 23.1. The molecule has 5 nitrogen and oxygen atoms in total. The Kier molecular flexibility index (Phi) is 9.01. The molecular formula is C12H26N2O3S. The zero-order valence-corrected chi connectivity index (χ0v) is 12.5. The summed E-state index contributed by atoms with van der Waals surface area (Å²) in [5.74, 6) is -0.133. The number of sulfone groups is 1. The monoisotopic (exact) mass is 278 g/mol. The van der Waals surface area contributed by atoms with Gasteiger partial charge in [0.2, 0.25) is 5.91 Å². The molecular weight excluding hydrogens is 252 g/mol. The van der Waals surface area contributed by atoms with Crippen molar-refractivity contribution in [1.82, 2.24) is 10.6 Å². The second-order valence-electron chi connectivity index (χ2n) is 4.83. The first kappa shape index (κ1) is 17.4. The van der Waals surface area contributed by atoms with E-state index in [1.54, 1.807) is 6.92 Å². The molecule has 6 heteroatoms. The fourth-order valence-corrected chi connectivity index (χ4v) is 2.61. The molecule has 0 aromatic heterocycles. The Morgan fingerprint density at radius 1 is 1.22 bits per heavy atom. The fourth-order valence-electron chi connectivity index (χ4n) is 1.51. The van der Waals surface area contributed by atoms with Crippen molar-refractivity contribution in [2.45, 2.75) is 33.6 Å². The molecule has 0 aromatic carbocycles. The molecule has 0 aromatic rings. The zero-order valence-electron chi connectivity index (χ0n) is 11.7. The first-order valence-electron chi connectivity index (χ1n) is 6.55. The highest BCUT2D eigenvalue weighted by molar-refractivity contribution is 7.92. The van der Waals surface area contributed by atoms with Crippen molar-refractivity contribution in [3.63, 3.8) is 0 Å². The third-order valence-electron chi connectivity index (χ3n) is 2.45. The van der Waals surface area contributed by atoms with Gasteiger partial charge in [0.05, 0.1) is 5.75 Å². The smallest absolute Gasteiger partial charge is 0.235 e. The molecule has 0 radical (unpaired) electrons. The molecule has 0 rings (SSSR count). The molecule has 0 aliphatic rings. The minimum atomic E-state index is -3.28. The van der Waals surface area contributed by atoms with Crippen LogP contribution in [0.5, 0.6) is 0 Å². The van der Waals surface area contributed by atoms with Crippen molar-refractivity contribution in [3.05, 3.63) is 0 Å². The van der Waals surface area contributed by atoms with Gasteiger partial charge in [-0.2, -0.15) is 0 Å². The van der Waals surface area contributed by atoms with Crippen LogP contribution in [0.15, 0.2) is 0 Å². The van der Waals surface area contributed by atoms with E-state index >= 15 is 0 Å². The SMILES string of the molecule is CCNC(=O)CS(=O)(=O)CCNCCCC(C)C. The molecule has 0 bridgehead atoms. The predicted octanol–water partition coefficient (Wildman–Crippen LogP) is 0.563. The molecule has 0 spiro atoms. The van der Waals surface area contributed by atoms with E-state index in [4.69, 9.17) is 0 Å². The third kappa shape index (κ3) is 10.5. The number of hydrogen-bond donors (Lipinski definition) is 2. The van der Waals surface area contributed by atoms with Gasteiger partial charge in [-0.05, 0) is 32.2 Å². The maximum absolute atomic E-state index is 11.6. The number of rotatable bonds is 10. The highest BCUT2D eigenvalue weighted by Gasteiger charge is 2.15. The van der Waals surface area contributed by atoms with E-state index in [-0.39, 0.29) is 5.75 Å². The summed E-state index contributed by atoms with van der Waals surface area (Å²) in [7, 11) is -3.28. The maximum atomic E-state index is 11.6. The first-order chi connectivity index (χ1) is 8.37. The van der Waals surface area contributed by atoms with Crippen LogP contribution in [0.3, 0.4) is 0 Å². The number of amides is 1. The van der Waals surface area contributed by atoms with E-state index in [0.717, 1.165) is 19.4 Å². The topological polar surface area (TPSA) is 75.3 Å². The number of nitrogens with one attached hydrogen (secondary N) is 2. The first-order valence-corrected chi connectivity index (χ1v) is 8.37. The largest absolute Gasteiger partial charge is 0.356 e. The van der Waals surface area contributed by atoms with Gasteiger partial charge in [-0.25, -0.2) is 8.42 Å². The Hall–Kier alpha value is -0.620. The lowest BCUT2D eigenvalue weighted by Crippen LogP contribution is -2.33. The van der Waals surface area contributed by atoms with E-state index < -0.39 is 21.5 Å². The minimum Gasteiger partial charge on any atom is -0.356 e. The summed E-state index contributed by atoms with van der Waals surface area (Å²) in [5.41, 5.74) is 0. The van der Waals surface area contributed by atoms with Crippen LogP contribution in [0.2, 0.25) is 0 Å². The molecule has 0 aliphatic heterocycles. The van der Waals surface area contributed by atoms with Gasteiger partial charge in [-0.3, -0.25) is 4.79 Å². The Morgan fingerprint density at radius 2 is 1.89 bits per heavy atom. The lowest BCUT2D eigenvalue weighted by atomic mass is 10.1. The van der Waals surface area contributed by atoms with E-state index in [2.05, 4.69) is 24.5 Å². The van der Waals surface area contributed by atoms with Crippen LogP contribution >= 0.6 is 0 Å². The summed E-state index contributed by atoms with van der Waals surface area (Å²) in [6.07, 6.45) is 2.19. The molecule has 0 aliphatic carbocycles. The standard InChI is InChI=1S/C12H26N2O3S/c1-4-14-12(15)10-18(16,17)9-8-13-7-5-6-11(2)3/h11,13H,4-10H2,1-3H3,(H,14,15). The second-order valence-corrected chi connectivity index (χ2v) is 7.02. The van der Waals surface area contributed by atoms with Gasteiger partial charge in [0.15, 0.2) is 9.84 Å². The van der Waals surface area contributed by atoms with Gasteiger partial charge >= 0.3 is 0 Å². The highest BCUT2D eigenvalue weighted by Crippen LogP contribution is 2.01. The average Bonchev–Trinajstić information content (AvgIpc) is 2.22. The lowest BCUT2D eigenvalue weighted by molar-refractivity contribution is -0.118. The van der Waals surface area contributed by atoms with Crippen LogP contribution in [-0.4, -0.2) is 45.5 Å². The summed E-state index contributed by atoms with van der Waals surface area (Å²) in [5, 5.41) is 5.58. The molecule has 0 unspecified atom stereocenters. The maximum Gasteiger partial charge on any atom is 0.235 e. The van der Waals surface area contributed by atoms with Gasteiger partial charge in [0.25, 0.3) is 0 Å². The second kappa shape index (κ2) is 9.33. The van der Waals surface area contributed by atoms with E-state index in [1.807, 2.05) is 0 Å². The molecule has 108 valence electrons. The van der Waals surface area contributed by atoms with Crippen LogP contribution in [0.25, 0.3) is 0 Å². The number of hydrogen-bond acceptors (Lipinski definition) is 4. The van der Waals surface area contributed by atoms with Crippen LogP contribution in [0, 0.1) is 5.92 Å². The normalized spacial score (nSPS) is 11.8. The number of carbonyl (C=O) groups is 1. The third-order valence-corrected chi connectivity index (χ3v) is 3.98.